The predicted octanol–water partition coefficient (Wildman–Crippen LogP) is 3.80. The van der Waals surface area contributed by atoms with Crippen LogP contribution in [0.4, 0.5) is 4.79 Å². The maximum absolute atomic E-state index is 11.9. The van der Waals surface area contributed by atoms with Gasteiger partial charge in [0.25, 0.3) is 0 Å². The zero-order valence-corrected chi connectivity index (χ0v) is 29.5. The quantitative estimate of drug-likeness (QED) is 0.0936. The summed E-state index contributed by atoms with van der Waals surface area (Å²) in [6.07, 6.45) is 6.42. The highest BCUT2D eigenvalue weighted by atomic mass is 35.5. The highest BCUT2D eigenvalue weighted by Gasteiger charge is 2.11. The lowest BCUT2D eigenvalue weighted by Crippen LogP contribution is -2.36. The number of nitrogens with two attached hydrogens (primary N) is 1. The molecule has 0 fully saturated rings. The molecule has 2 aromatic heterocycles. The van der Waals surface area contributed by atoms with Crippen LogP contribution in [0.3, 0.4) is 0 Å². The Labute approximate surface area is 299 Å². The number of halogens is 2. The first-order chi connectivity index (χ1) is 23.4. The van der Waals surface area contributed by atoms with E-state index in [1.165, 1.54) is 36.9 Å². The zero-order valence-electron chi connectivity index (χ0n) is 27.9. The number of ether oxygens (including phenoxy) is 5. The maximum Gasteiger partial charge on any atom is 0.403 e. The van der Waals surface area contributed by atoms with Crippen molar-refractivity contribution in [3.63, 3.8) is 0 Å². The van der Waals surface area contributed by atoms with E-state index in [0.717, 1.165) is 5.56 Å². The van der Waals surface area contributed by atoms with Crippen molar-refractivity contribution in [1.29, 1.82) is 10.8 Å². The molecule has 272 valence electrons. The lowest BCUT2D eigenvalue weighted by atomic mass is 10.1. The van der Waals surface area contributed by atoms with Crippen molar-refractivity contribution in [3.05, 3.63) is 84.4 Å². The Bertz CT molecular complexity index is 1640. The van der Waals surface area contributed by atoms with Gasteiger partial charge in [0.05, 0.1) is 47.9 Å². The molecule has 2 aromatic carbocycles. The monoisotopic (exact) mass is 738 g/mol. The van der Waals surface area contributed by atoms with Crippen LogP contribution in [0, 0.1) is 10.8 Å². The van der Waals surface area contributed by atoms with Gasteiger partial charge in [-0.1, -0.05) is 12.1 Å². The van der Waals surface area contributed by atoms with Crippen LogP contribution < -0.4 is 30.0 Å². The average molecular weight is 740 g/mol. The molecular formula is C31H40Cl2N8O9. The Morgan fingerprint density at radius 2 is 1.28 bits per heavy atom. The minimum absolute atomic E-state index is 0. The number of amides is 1. The largest absolute Gasteiger partial charge is 0.493 e. The van der Waals surface area contributed by atoms with Gasteiger partial charge in [-0.3, -0.25) is 25.7 Å². The van der Waals surface area contributed by atoms with Crippen LogP contribution >= 0.6 is 24.0 Å². The van der Waals surface area contributed by atoms with Crippen molar-refractivity contribution < 1.29 is 43.2 Å². The van der Waals surface area contributed by atoms with E-state index in [0.29, 0.717) is 35.2 Å². The number of nitrogens with zero attached hydrogens (tertiary/aromatic N) is 4. The van der Waals surface area contributed by atoms with Gasteiger partial charge in [0, 0.05) is 36.4 Å². The first kappa shape index (κ1) is 44.2. The van der Waals surface area contributed by atoms with E-state index in [-0.39, 0.29) is 43.1 Å². The number of aliphatic carboxylic acids is 1. The molecule has 4 aromatic rings. The van der Waals surface area contributed by atoms with Gasteiger partial charge in [0.1, 0.15) is 0 Å². The van der Waals surface area contributed by atoms with E-state index in [9.17, 15) is 14.4 Å². The summed E-state index contributed by atoms with van der Waals surface area (Å²) < 4.78 is 27.1. The standard InChI is InChI=1S/C14H16N4O3.C10H12O4.C4H6N4.C3H5ClO2.ClH/c1-20-11-5-4-10(8-12(11)21-2)9-13(19)17-14(15)18-7-3-6-16-18;1-13-8-4-3-7(6-10(11)12)5-9(8)14-2;5-4(6)8-3-1-2-7-8;1-2-6-3(4)5;/h3-8H,9H2,1-2H3,(H2,15,17,19);3-5H,6H2,1-2H3,(H,11,12);1-3H,(H3,5,6);2H2,1H3;1H. The summed E-state index contributed by atoms with van der Waals surface area (Å²) in [6, 6.07) is 13.7. The van der Waals surface area contributed by atoms with Crippen molar-refractivity contribution >= 4 is 53.2 Å². The van der Waals surface area contributed by atoms with Gasteiger partial charge in [-0.05, 0) is 54.4 Å². The molecular weight excluding hydrogens is 699 g/mol. The molecule has 17 nitrogen and oxygen atoms in total. The third kappa shape index (κ3) is 16.8. The van der Waals surface area contributed by atoms with E-state index in [1.807, 2.05) is 0 Å². The van der Waals surface area contributed by atoms with Crippen molar-refractivity contribution in [2.24, 2.45) is 5.73 Å². The third-order valence-corrected chi connectivity index (χ3v) is 5.73. The smallest absolute Gasteiger partial charge is 0.403 e. The summed E-state index contributed by atoms with van der Waals surface area (Å²) in [6.45, 7) is 2.04. The molecule has 0 saturated heterocycles. The molecule has 0 atom stereocenters. The number of aromatic nitrogens is 4. The molecule has 0 radical (unpaired) electrons. The van der Waals surface area contributed by atoms with Crippen molar-refractivity contribution in [1.82, 2.24) is 24.9 Å². The molecule has 0 unspecified atom stereocenters. The fourth-order valence-electron chi connectivity index (χ4n) is 3.50. The second-order valence-electron chi connectivity index (χ2n) is 8.98. The van der Waals surface area contributed by atoms with Gasteiger partial charge in [0.2, 0.25) is 17.8 Å². The zero-order chi connectivity index (χ0) is 36.8. The number of carboxylic acid groups (broad SMARTS) is 1. The lowest BCUT2D eigenvalue weighted by molar-refractivity contribution is -0.136. The maximum atomic E-state index is 11.9. The number of nitrogen functional groups attached to an aromatic ring is 1. The Morgan fingerprint density at radius 1 is 0.820 bits per heavy atom. The topological polar surface area (TPSA) is 239 Å². The predicted molar refractivity (Wildman–Crippen MR) is 187 cm³/mol. The summed E-state index contributed by atoms with van der Waals surface area (Å²) in [5.41, 5.74) is 5.76. The SMILES string of the molecule is CCOC(=O)Cl.COc1ccc(CC(=O)NC(=N)n2cccn2)cc1OC.COc1ccc(CC(=O)O)cc1OC.Cl.N=C(N)n1cccn1. The first-order valence-corrected chi connectivity index (χ1v) is 14.4. The average Bonchev–Trinajstić information content (AvgIpc) is 3.81. The van der Waals surface area contributed by atoms with Gasteiger partial charge in [0.15, 0.2) is 23.0 Å². The van der Waals surface area contributed by atoms with E-state index >= 15 is 0 Å². The molecule has 19 heteroatoms. The van der Waals surface area contributed by atoms with Crippen LogP contribution in [-0.4, -0.2) is 88.9 Å². The Hall–Kier alpha value is -5.81. The molecule has 0 bridgehead atoms. The van der Waals surface area contributed by atoms with Gasteiger partial charge in [-0.25, -0.2) is 14.2 Å². The molecule has 0 saturated carbocycles. The molecule has 4 rings (SSSR count). The molecule has 0 spiro atoms. The number of hydrogen-bond acceptors (Lipinski definition) is 12. The van der Waals surface area contributed by atoms with Crippen LogP contribution in [-0.2, 0) is 27.2 Å². The summed E-state index contributed by atoms with van der Waals surface area (Å²) in [4.78, 5) is 31.9. The molecule has 1 amide bonds. The van der Waals surface area contributed by atoms with Gasteiger partial charge in [-0.2, -0.15) is 10.2 Å². The van der Waals surface area contributed by atoms with Crippen LogP contribution in [0.25, 0.3) is 0 Å². The fraction of sp³-hybridized carbons (Fsp3) is 0.258. The van der Waals surface area contributed by atoms with Gasteiger partial charge >= 0.3 is 11.4 Å². The van der Waals surface area contributed by atoms with Crippen molar-refractivity contribution in [2.75, 3.05) is 35.0 Å². The van der Waals surface area contributed by atoms with Crippen molar-refractivity contribution in [2.45, 2.75) is 19.8 Å². The van der Waals surface area contributed by atoms with E-state index in [1.54, 1.807) is 81.2 Å². The second kappa shape index (κ2) is 24.3. The van der Waals surface area contributed by atoms with E-state index in [2.05, 4.69) is 20.3 Å². The highest BCUT2D eigenvalue weighted by Crippen LogP contribution is 2.28. The van der Waals surface area contributed by atoms with Crippen LogP contribution in [0.5, 0.6) is 23.0 Å². The molecule has 0 aliphatic rings. The molecule has 6 N–H and O–H groups in total. The summed E-state index contributed by atoms with van der Waals surface area (Å²) in [5.74, 6) is 0.990. The number of nitrogens with one attached hydrogen (secondary N) is 3. The second-order valence-corrected chi connectivity index (χ2v) is 9.29. The minimum atomic E-state index is -0.864. The Kier molecular flexibility index (Phi) is 21.5. The fourth-order valence-corrected chi connectivity index (χ4v) is 3.61. The number of rotatable bonds is 9. The van der Waals surface area contributed by atoms with Crippen molar-refractivity contribution in [3.8, 4) is 23.0 Å². The van der Waals surface area contributed by atoms with Gasteiger partial charge < -0.3 is 34.5 Å². The third-order valence-electron chi connectivity index (χ3n) is 5.62. The molecule has 0 aliphatic heterocycles. The van der Waals surface area contributed by atoms with Crippen LogP contribution in [0.2, 0.25) is 0 Å². The molecule has 50 heavy (non-hydrogen) atoms. The van der Waals surface area contributed by atoms with Crippen LogP contribution in [0.15, 0.2) is 73.3 Å². The number of methoxy groups -OCH3 is 4. The lowest BCUT2D eigenvalue weighted by Gasteiger charge is -2.10. The number of hydrogen-bond donors (Lipinski definition) is 5. The summed E-state index contributed by atoms with van der Waals surface area (Å²) in [7, 11) is 6.14. The van der Waals surface area contributed by atoms with E-state index in [4.69, 9.17) is 52.2 Å². The summed E-state index contributed by atoms with van der Waals surface area (Å²) >= 11 is 4.72. The number of carbonyl (C=O) groups excluding carboxylic acids is 2. The highest BCUT2D eigenvalue weighted by molar-refractivity contribution is 6.61. The molecule has 0 aliphatic carbocycles. The minimum Gasteiger partial charge on any atom is -0.493 e. The van der Waals surface area contributed by atoms with Crippen LogP contribution in [0.1, 0.15) is 18.1 Å². The summed E-state index contributed by atoms with van der Waals surface area (Å²) in [5, 5.41) is 33.1. The first-order valence-electron chi connectivity index (χ1n) is 14.1. The number of carboxylic acids is 1. The normalized spacial score (nSPS) is 9.24. The number of benzene rings is 2. The van der Waals surface area contributed by atoms with E-state index < -0.39 is 11.4 Å². The number of carbonyl (C=O) groups is 3. The van der Waals surface area contributed by atoms with Gasteiger partial charge in [-0.15, -0.1) is 12.4 Å². The Morgan fingerprint density at radius 3 is 1.60 bits per heavy atom. The Balaban J connectivity index is 0.000000711. The molecule has 2 heterocycles.